The zero-order valence-corrected chi connectivity index (χ0v) is 15.8. The molecule has 3 heterocycles. The fraction of sp³-hybridized carbons (Fsp3) is 0.381. The van der Waals surface area contributed by atoms with E-state index >= 15 is 0 Å². The average molecular weight is 364 g/mol. The van der Waals surface area contributed by atoms with E-state index in [-0.39, 0.29) is 5.91 Å². The molecule has 0 unspecified atom stereocenters. The summed E-state index contributed by atoms with van der Waals surface area (Å²) in [5.74, 6) is 0.977. The third-order valence-electron chi connectivity index (χ3n) is 5.13. The monoisotopic (exact) mass is 364 g/mol. The van der Waals surface area contributed by atoms with Gasteiger partial charge in [-0.1, -0.05) is 17.3 Å². The van der Waals surface area contributed by atoms with Gasteiger partial charge in [-0.2, -0.15) is 0 Å². The Hall–Kier alpha value is -2.73. The highest BCUT2D eigenvalue weighted by Crippen LogP contribution is 2.20. The second kappa shape index (κ2) is 7.48. The van der Waals surface area contributed by atoms with Crippen molar-refractivity contribution < 1.29 is 9.32 Å². The van der Waals surface area contributed by atoms with Gasteiger partial charge in [-0.05, 0) is 50.1 Å². The van der Waals surface area contributed by atoms with Gasteiger partial charge in [0.2, 0.25) is 0 Å². The van der Waals surface area contributed by atoms with Crippen molar-refractivity contribution in [2.45, 2.75) is 13.3 Å². The Bertz CT molecular complexity index is 952. The molecule has 140 valence electrons. The van der Waals surface area contributed by atoms with Gasteiger partial charge in [0.25, 0.3) is 5.91 Å². The second-order valence-electron chi connectivity index (χ2n) is 7.44. The molecule has 2 aromatic heterocycles. The first kappa shape index (κ1) is 17.7. The number of aromatic nitrogens is 2. The summed E-state index contributed by atoms with van der Waals surface area (Å²) in [5.41, 5.74) is 2.69. The van der Waals surface area contributed by atoms with Crippen molar-refractivity contribution in [3.8, 4) is 0 Å². The van der Waals surface area contributed by atoms with E-state index in [4.69, 9.17) is 4.52 Å². The van der Waals surface area contributed by atoms with Crippen molar-refractivity contribution in [2.24, 2.45) is 5.92 Å². The van der Waals surface area contributed by atoms with Crippen molar-refractivity contribution in [2.75, 3.05) is 33.2 Å². The Morgan fingerprint density at radius 2 is 2.11 bits per heavy atom. The molecule has 1 aliphatic rings. The lowest BCUT2D eigenvalue weighted by Crippen LogP contribution is -2.36. The van der Waals surface area contributed by atoms with E-state index in [9.17, 15) is 4.79 Å². The summed E-state index contributed by atoms with van der Waals surface area (Å²) in [5, 5.41) is 5.05. The van der Waals surface area contributed by atoms with Gasteiger partial charge in [0.05, 0.1) is 5.52 Å². The summed E-state index contributed by atoms with van der Waals surface area (Å²) in [6.45, 7) is 5.06. The molecular weight excluding hydrogens is 340 g/mol. The minimum Gasteiger partial charge on any atom is -0.361 e. The number of aryl methyl sites for hydroxylation is 1. The SMILES string of the molecule is Cc1cc(C(=O)N2CCN(C)C[C@H](Cc3ccc4ncccc4c3)C2)no1. The van der Waals surface area contributed by atoms with Gasteiger partial charge in [0, 0.05) is 43.8 Å². The van der Waals surface area contributed by atoms with Gasteiger partial charge in [0.15, 0.2) is 5.69 Å². The predicted octanol–water partition coefficient (Wildman–Crippen LogP) is 2.78. The Labute approximate surface area is 158 Å². The van der Waals surface area contributed by atoms with Crippen LogP contribution < -0.4 is 0 Å². The van der Waals surface area contributed by atoms with Crippen LogP contribution in [0.3, 0.4) is 0 Å². The summed E-state index contributed by atoms with van der Waals surface area (Å²) < 4.78 is 5.08. The normalized spacial score (nSPS) is 18.6. The third kappa shape index (κ3) is 4.01. The number of nitrogens with zero attached hydrogens (tertiary/aromatic N) is 4. The molecule has 1 saturated heterocycles. The Morgan fingerprint density at radius 3 is 2.93 bits per heavy atom. The molecule has 1 amide bonds. The lowest BCUT2D eigenvalue weighted by atomic mass is 9.97. The third-order valence-corrected chi connectivity index (χ3v) is 5.13. The minimum absolute atomic E-state index is 0.0464. The number of amides is 1. The number of rotatable bonds is 3. The summed E-state index contributed by atoms with van der Waals surface area (Å²) in [6.07, 6.45) is 2.74. The minimum atomic E-state index is -0.0464. The van der Waals surface area contributed by atoms with E-state index in [0.29, 0.717) is 23.9 Å². The number of carbonyl (C=O) groups excluding carboxylic acids is 1. The molecule has 1 fully saturated rings. The number of benzene rings is 1. The van der Waals surface area contributed by atoms with Gasteiger partial charge in [0.1, 0.15) is 5.76 Å². The average Bonchev–Trinajstić information content (AvgIpc) is 3.01. The molecule has 4 rings (SSSR count). The van der Waals surface area contributed by atoms with Crippen molar-refractivity contribution >= 4 is 16.8 Å². The van der Waals surface area contributed by atoms with Crippen molar-refractivity contribution in [1.29, 1.82) is 0 Å². The van der Waals surface area contributed by atoms with Crippen LogP contribution in [0.25, 0.3) is 10.9 Å². The first-order valence-electron chi connectivity index (χ1n) is 9.33. The molecule has 1 aliphatic heterocycles. The second-order valence-corrected chi connectivity index (χ2v) is 7.44. The fourth-order valence-electron chi connectivity index (χ4n) is 3.81. The lowest BCUT2D eigenvalue weighted by Gasteiger charge is -2.23. The van der Waals surface area contributed by atoms with Crippen molar-refractivity contribution in [3.63, 3.8) is 0 Å². The topological polar surface area (TPSA) is 62.5 Å². The number of hydrogen-bond donors (Lipinski definition) is 0. The van der Waals surface area contributed by atoms with E-state index in [1.807, 2.05) is 17.2 Å². The smallest absolute Gasteiger partial charge is 0.276 e. The summed E-state index contributed by atoms with van der Waals surface area (Å²) in [4.78, 5) is 21.4. The quantitative estimate of drug-likeness (QED) is 0.715. The first-order chi connectivity index (χ1) is 13.1. The van der Waals surface area contributed by atoms with E-state index in [1.54, 1.807) is 13.0 Å². The first-order valence-corrected chi connectivity index (χ1v) is 9.33. The zero-order chi connectivity index (χ0) is 18.8. The van der Waals surface area contributed by atoms with Crippen LogP contribution in [0, 0.1) is 12.8 Å². The van der Waals surface area contributed by atoms with E-state index in [1.165, 1.54) is 5.56 Å². The molecule has 0 radical (unpaired) electrons. The largest absolute Gasteiger partial charge is 0.361 e. The molecule has 0 aliphatic carbocycles. The van der Waals surface area contributed by atoms with Gasteiger partial charge >= 0.3 is 0 Å². The van der Waals surface area contributed by atoms with Crippen LogP contribution in [0.1, 0.15) is 21.8 Å². The predicted molar refractivity (Wildman–Crippen MR) is 104 cm³/mol. The highest BCUT2D eigenvalue weighted by atomic mass is 16.5. The molecule has 0 N–H and O–H groups in total. The van der Waals surface area contributed by atoms with Crippen LogP contribution >= 0.6 is 0 Å². The molecule has 6 heteroatoms. The van der Waals surface area contributed by atoms with Crippen LogP contribution in [-0.2, 0) is 6.42 Å². The Kier molecular flexibility index (Phi) is 4.90. The molecule has 0 saturated carbocycles. The van der Waals surface area contributed by atoms with Crippen LogP contribution in [0.5, 0.6) is 0 Å². The summed E-state index contributed by atoms with van der Waals surface area (Å²) in [6, 6.07) is 12.2. The number of pyridine rings is 1. The molecule has 3 aromatic rings. The molecule has 0 bridgehead atoms. The fourth-order valence-corrected chi connectivity index (χ4v) is 3.81. The number of likely N-dealkylation sites (N-methyl/N-ethyl adjacent to an activating group) is 1. The number of carbonyl (C=O) groups is 1. The van der Waals surface area contributed by atoms with Crippen molar-refractivity contribution in [1.82, 2.24) is 19.9 Å². The van der Waals surface area contributed by atoms with Gasteiger partial charge in [-0.3, -0.25) is 9.78 Å². The molecular formula is C21H24N4O2. The Balaban J connectivity index is 1.52. The van der Waals surface area contributed by atoms with Crippen LogP contribution in [0.15, 0.2) is 47.1 Å². The highest BCUT2D eigenvalue weighted by molar-refractivity contribution is 5.92. The summed E-state index contributed by atoms with van der Waals surface area (Å²) >= 11 is 0. The van der Waals surface area contributed by atoms with Crippen LogP contribution in [0.2, 0.25) is 0 Å². The summed E-state index contributed by atoms with van der Waals surface area (Å²) in [7, 11) is 2.12. The zero-order valence-electron chi connectivity index (χ0n) is 15.8. The molecule has 0 spiro atoms. The van der Waals surface area contributed by atoms with Crippen LogP contribution in [-0.4, -0.2) is 59.1 Å². The molecule has 1 atom stereocenters. The van der Waals surface area contributed by atoms with E-state index < -0.39 is 0 Å². The van der Waals surface area contributed by atoms with Gasteiger partial charge in [-0.25, -0.2) is 0 Å². The van der Waals surface area contributed by atoms with Crippen LogP contribution in [0.4, 0.5) is 0 Å². The lowest BCUT2D eigenvalue weighted by molar-refractivity contribution is 0.0736. The van der Waals surface area contributed by atoms with E-state index in [0.717, 1.165) is 37.0 Å². The maximum Gasteiger partial charge on any atom is 0.276 e. The van der Waals surface area contributed by atoms with E-state index in [2.05, 4.69) is 46.4 Å². The standard InChI is InChI=1S/C21H24N4O2/c1-15-10-20(23-27-15)21(26)25-9-8-24(2)13-17(14-25)11-16-5-6-19-18(12-16)4-3-7-22-19/h3-7,10,12,17H,8-9,11,13-14H2,1-2H3/t17-/m0/s1. The van der Waals surface area contributed by atoms with Crippen molar-refractivity contribution in [3.05, 3.63) is 59.6 Å². The molecule has 27 heavy (non-hydrogen) atoms. The number of fused-ring (bicyclic) bond motifs is 1. The maximum atomic E-state index is 12.8. The molecule has 1 aromatic carbocycles. The molecule has 6 nitrogen and oxygen atoms in total. The Morgan fingerprint density at radius 1 is 1.22 bits per heavy atom. The van der Waals surface area contributed by atoms with Gasteiger partial charge in [-0.15, -0.1) is 0 Å². The highest BCUT2D eigenvalue weighted by Gasteiger charge is 2.26. The van der Waals surface area contributed by atoms with Gasteiger partial charge < -0.3 is 14.3 Å². The maximum absolute atomic E-state index is 12.8. The number of hydrogen-bond acceptors (Lipinski definition) is 5.